The summed E-state index contributed by atoms with van der Waals surface area (Å²) in [5.41, 5.74) is 7.45. The van der Waals surface area contributed by atoms with E-state index in [-0.39, 0.29) is 0 Å². The van der Waals surface area contributed by atoms with E-state index < -0.39 is 0 Å². The number of para-hydroxylation sites is 1. The van der Waals surface area contributed by atoms with Crippen molar-refractivity contribution in [3.63, 3.8) is 0 Å². The largest absolute Gasteiger partial charge is 0.496 e. The van der Waals surface area contributed by atoms with Crippen LogP contribution in [-0.4, -0.2) is 14.2 Å². The number of hydrogen-bond acceptors (Lipinski definition) is 4. The van der Waals surface area contributed by atoms with Gasteiger partial charge in [0.2, 0.25) is 0 Å². The first-order valence-corrected chi connectivity index (χ1v) is 6.88. The Bertz CT molecular complexity index is 616. The maximum absolute atomic E-state index is 6.24. The minimum Gasteiger partial charge on any atom is -0.496 e. The fourth-order valence-corrected chi connectivity index (χ4v) is 2.29. The summed E-state index contributed by atoms with van der Waals surface area (Å²) < 4.78 is 16.4. The van der Waals surface area contributed by atoms with Crippen LogP contribution in [0, 0.1) is 0 Å². The molecule has 0 atom stereocenters. The molecule has 21 heavy (non-hydrogen) atoms. The minimum atomic E-state index is 0.335. The first-order chi connectivity index (χ1) is 10.2. The highest BCUT2D eigenvalue weighted by atomic mass is 35.5. The van der Waals surface area contributed by atoms with Crippen LogP contribution in [0.3, 0.4) is 0 Å². The number of ether oxygens (including phenoxy) is 3. The average Bonchev–Trinajstić information content (AvgIpc) is 2.53. The summed E-state index contributed by atoms with van der Waals surface area (Å²) in [6, 6.07) is 11.3. The van der Waals surface area contributed by atoms with Crippen LogP contribution in [0.1, 0.15) is 11.1 Å². The van der Waals surface area contributed by atoms with Crippen molar-refractivity contribution in [1.29, 1.82) is 0 Å². The van der Waals surface area contributed by atoms with Gasteiger partial charge in [-0.1, -0.05) is 29.8 Å². The molecule has 112 valence electrons. The first-order valence-electron chi connectivity index (χ1n) is 6.50. The summed E-state index contributed by atoms with van der Waals surface area (Å²) in [4.78, 5) is 0. The number of hydrogen-bond donors (Lipinski definition) is 1. The quantitative estimate of drug-likeness (QED) is 0.888. The van der Waals surface area contributed by atoms with Crippen molar-refractivity contribution in [1.82, 2.24) is 0 Å². The molecule has 0 aliphatic heterocycles. The Morgan fingerprint density at radius 1 is 1.05 bits per heavy atom. The molecular weight excluding hydrogens is 290 g/mol. The van der Waals surface area contributed by atoms with E-state index in [1.807, 2.05) is 30.3 Å². The zero-order valence-electron chi connectivity index (χ0n) is 12.1. The number of benzene rings is 2. The average molecular weight is 308 g/mol. The lowest BCUT2D eigenvalue weighted by Gasteiger charge is -2.15. The van der Waals surface area contributed by atoms with E-state index in [0.29, 0.717) is 29.7 Å². The third-order valence-electron chi connectivity index (χ3n) is 3.09. The molecule has 0 unspecified atom stereocenters. The molecule has 0 aromatic heterocycles. The molecule has 5 heteroatoms. The van der Waals surface area contributed by atoms with Crippen molar-refractivity contribution in [3.8, 4) is 17.2 Å². The molecule has 0 amide bonds. The van der Waals surface area contributed by atoms with Crippen LogP contribution >= 0.6 is 11.6 Å². The molecule has 2 aromatic rings. The summed E-state index contributed by atoms with van der Waals surface area (Å²) in [6.45, 7) is 0.727. The second-order valence-corrected chi connectivity index (χ2v) is 4.82. The number of nitrogens with two attached hydrogens (primary N) is 1. The maximum atomic E-state index is 6.24. The molecule has 0 saturated heterocycles. The molecule has 0 aliphatic carbocycles. The lowest BCUT2D eigenvalue weighted by atomic mass is 10.2. The topological polar surface area (TPSA) is 53.7 Å². The Hall–Kier alpha value is -1.91. The highest BCUT2D eigenvalue weighted by molar-refractivity contribution is 6.32. The molecule has 0 bridgehead atoms. The zero-order chi connectivity index (χ0) is 15.2. The number of rotatable bonds is 6. The Morgan fingerprint density at radius 2 is 1.76 bits per heavy atom. The summed E-state index contributed by atoms with van der Waals surface area (Å²) in [6.07, 6.45) is 0. The van der Waals surface area contributed by atoms with E-state index in [4.69, 9.17) is 31.5 Å². The molecule has 0 spiro atoms. The summed E-state index contributed by atoms with van der Waals surface area (Å²) in [7, 11) is 3.20. The van der Waals surface area contributed by atoms with Gasteiger partial charge in [0.1, 0.15) is 12.4 Å². The molecule has 0 heterocycles. The Morgan fingerprint density at radius 3 is 2.43 bits per heavy atom. The minimum absolute atomic E-state index is 0.335. The standard InChI is InChI=1S/C16H18ClNO3/c1-19-14-6-4-3-5-12(14)10-21-16-13(17)7-11(9-18)8-15(16)20-2/h3-8H,9-10,18H2,1-2H3. The SMILES string of the molecule is COc1ccccc1COc1c(Cl)cc(CN)cc1OC. The van der Waals surface area contributed by atoms with Crippen molar-refractivity contribution in [2.75, 3.05) is 14.2 Å². The molecular formula is C16H18ClNO3. The highest BCUT2D eigenvalue weighted by Gasteiger charge is 2.13. The molecule has 0 radical (unpaired) electrons. The fourth-order valence-electron chi connectivity index (χ4n) is 2.00. The van der Waals surface area contributed by atoms with Crippen molar-refractivity contribution < 1.29 is 14.2 Å². The number of halogens is 1. The van der Waals surface area contributed by atoms with E-state index >= 15 is 0 Å². The predicted octanol–water partition coefficient (Wildman–Crippen LogP) is 3.39. The third kappa shape index (κ3) is 3.60. The van der Waals surface area contributed by atoms with E-state index in [9.17, 15) is 0 Å². The smallest absolute Gasteiger partial charge is 0.180 e. The van der Waals surface area contributed by atoms with Gasteiger partial charge in [-0.25, -0.2) is 0 Å². The maximum Gasteiger partial charge on any atom is 0.180 e. The van der Waals surface area contributed by atoms with Crippen LogP contribution in [0.25, 0.3) is 0 Å². The van der Waals surface area contributed by atoms with E-state index in [0.717, 1.165) is 16.9 Å². The van der Waals surface area contributed by atoms with Crippen molar-refractivity contribution in [2.24, 2.45) is 5.73 Å². The van der Waals surface area contributed by atoms with E-state index in [1.54, 1.807) is 20.3 Å². The van der Waals surface area contributed by atoms with Crippen LogP contribution in [0.5, 0.6) is 17.2 Å². The van der Waals surface area contributed by atoms with Crippen molar-refractivity contribution in [3.05, 3.63) is 52.5 Å². The van der Waals surface area contributed by atoms with Gasteiger partial charge in [0.25, 0.3) is 0 Å². The highest BCUT2D eigenvalue weighted by Crippen LogP contribution is 2.37. The van der Waals surface area contributed by atoms with Crippen LogP contribution in [0.2, 0.25) is 5.02 Å². The zero-order valence-corrected chi connectivity index (χ0v) is 12.8. The Kier molecular flexibility index (Phi) is 5.31. The normalized spacial score (nSPS) is 10.3. The van der Waals surface area contributed by atoms with Gasteiger partial charge in [-0.2, -0.15) is 0 Å². The Balaban J connectivity index is 2.23. The van der Waals surface area contributed by atoms with Gasteiger partial charge < -0.3 is 19.9 Å². The van der Waals surface area contributed by atoms with Gasteiger partial charge in [0.05, 0.1) is 19.2 Å². The van der Waals surface area contributed by atoms with E-state index in [1.165, 1.54) is 0 Å². The lowest BCUT2D eigenvalue weighted by molar-refractivity contribution is 0.278. The van der Waals surface area contributed by atoms with Gasteiger partial charge in [-0.15, -0.1) is 0 Å². The second kappa shape index (κ2) is 7.20. The molecule has 4 nitrogen and oxygen atoms in total. The molecule has 0 fully saturated rings. The van der Waals surface area contributed by atoms with Crippen LogP contribution < -0.4 is 19.9 Å². The van der Waals surface area contributed by atoms with Gasteiger partial charge in [-0.05, 0) is 23.8 Å². The van der Waals surface area contributed by atoms with Crippen molar-refractivity contribution >= 4 is 11.6 Å². The Labute approximate surface area is 129 Å². The summed E-state index contributed by atoms with van der Waals surface area (Å²) in [5.74, 6) is 1.84. The predicted molar refractivity (Wildman–Crippen MR) is 83.2 cm³/mol. The number of methoxy groups -OCH3 is 2. The van der Waals surface area contributed by atoms with E-state index in [2.05, 4.69) is 0 Å². The third-order valence-corrected chi connectivity index (χ3v) is 3.37. The summed E-state index contributed by atoms with van der Waals surface area (Å²) >= 11 is 6.24. The lowest BCUT2D eigenvalue weighted by Crippen LogP contribution is -2.02. The fraction of sp³-hybridized carbons (Fsp3) is 0.250. The first kappa shape index (κ1) is 15.5. The molecule has 2 N–H and O–H groups in total. The van der Waals surface area contributed by atoms with Gasteiger partial charge in [0, 0.05) is 12.1 Å². The van der Waals surface area contributed by atoms with Crippen molar-refractivity contribution in [2.45, 2.75) is 13.2 Å². The second-order valence-electron chi connectivity index (χ2n) is 4.41. The monoisotopic (exact) mass is 307 g/mol. The van der Waals surface area contributed by atoms with Gasteiger partial charge in [0.15, 0.2) is 11.5 Å². The molecule has 0 aliphatic rings. The van der Waals surface area contributed by atoms with Crippen LogP contribution in [0.15, 0.2) is 36.4 Å². The molecule has 0 saturated carbocycles. The van der Waals surface area contributed by atoms with Gasteiger partial charge >= 0.3 is 0 Å². The molecule has 2 aromatic carbocycles. The van der Waals surface area contributed by atoms with Crippen LogP contribution in [0.4, 0.5) is 0 Å². The summed E-state index contributed by atoms with van der Waals surface area (Å²) in [5, 5.41) is 0.477. The van der Waals surface area contributed by atoms with Gasteiger partial charge in [-0.3, -0.25) is 0 Å². The van der Waals surface area contributed by atoms with Crippen LogP contribution in [-0.2, 0) is 13.2 Å². The molecule has 2 rings (SSSR count).